The Morgan fingerprint density at radius 1 is 1.62 bits per heavy atom. The molecule has 1 atom stereocenters. The molecule has 0 saturated carbocycles. The van der Waals surface area contributed by atoms with Gasteiger partial charge in [-0.1, -0.05) is 6.04 Å². The normalized spacial score (nSPS) is 32.2. The lowest BCUT2D eigenvalue weighted by atomic mass is 10.0. The smallest absolute Gasteiger partial charge is 0.407 e. The zero-order valence-corrected chi connectivity index (χ0v) is 10.8. The number of carbonyl (C=O) groups excluding carboxylic acids is 1. The highest BCUT2D eigenvalue weighted by Crippen LogP contribution is 2.21. The van der Waals surface area contributed by atoms with Crippen LogP contribution in [-0.2, 0) is 17.5 Å². The summed E-state index contributed by atoms with van der Waals surface area (Å²) in [6.45, 7) is -9.46. The number of nitrogens with one attached hydrogen (secondary N) is 2. The highest BCUT2D eigenvalue weighted by Gasteiger charge is 2.22. The average Bonchev–Trinajstić information content (AvgIpc) is 3.13. The first-order chi connectivity index (χ1) is 15.7. The van der Waals surface area contributed by atoms with Gasteiger partial charge < -0.3 is 19.9 Å². The quantitative estimate of drug-likeness (QED) is 0.887. The van der Waals surface area contributed by atoms with Crippen molar-refractivity contribution in [1.82, 2.24) is 15.2 Å². The molecule has 1 saturated heterocycles. The first kappa shape index (κ1) is 5.02. The number of fused-ring (bicyclic) bond motifs is 1. The van der Waals surface area contributed by atoms with Crippen molar-refractivity contribution in [2.75, 3.05) is 27.1 Å². The summed E-state index contributed by atoms with van der Waals surface area (Å²) in [4.78, 5) is 14.3. The monoisotopic (exact) mass is 301 g/mol. The van der Waals surface area contributed by atoms with Gasteiger partial charge >= 0.3 is 6.09 Å². The minimum atomic E-state index is -3.01. The zero-order chi connectivity index (χ0) is 26.9. The van der Waals surface area contributed by atoms with Gasteiger partial charge in [0.05, 0.1) is 14.3 Å². The van der Waals surface area contributed by atoms with Crippen molar-refractivity contribution in [1.29, 1.82) is 0 Å². The lowest BCUT2D eigenvalue weighted by Gasteiger charge is -2.09. The number of likely N-dealkylation sites (N-methyl/N-ethyl adjacent to an activating group) is 1. The summed E-state index contributed by atoms with van der Waals surface area (Å²) < 4.78 is 115. The van der Waals surface area contributed by atoms with Crippen LogP contribution in [0.1, 0.15) is 30.3 Å². The molecule has 2 aromatic rings. The number of aromatic nitrogens is 1. The van der Waals surface area contributed by atoms with Crippen molar-refractivity contribution in [3.8, 4) is 0 Å². The molecule has 2 N–H and O–H groups in total. The number of nitrogens with zero attached hydrogens (tertiary/aromatic N) is 1. The Kier molecular flexibility index (Phi) is 1.38. The zero-order valence-electron chi connectivity index (χ0n) is 24.8. The third-order valence-corrected chi connectivity index (χ3v) is 2.86. The van der Waals surface area contributed by atoms with Crippen molar-refractivity contribution in [3.63, 3.8) is 0 Å². The van der Waals surface area contributed by atoms with Crippen LogP contribution in [0.15, 0.2) is 24.3 Å². The molecule has 0 radical (unpaired) electrons. The number of cyclic esters (lactones) is 1. The van der Waals surface area contributed by atoms with Gasteiger partial charge in [0, 0.05) is 34.6 Å². The number of H-pyrrole nitrogens is 1. The summed E-state index contributed by atoms with van der Waals surface area (Å²) in [5, 5.41) is 1.77. The van der Waals surface area contributed by atoms with Crippen LogP contribution in [0.25, 0.3) is 10.9 Å². The first-order valence-electron chi connectivity index (χ1n) is 13.1. The minimum Gasteiger partial charge on any atom is -0.447 e. The second-order valence-electron chi connectivity index (χ2n) is 4.36. The van der Waals surface area contributed by atoms with Gasteiger partial charge in [-0.2, -0.15) is 0 Å². The van der Waals surface area contributed by atoms with Crippen LogP contribution in [0.3, 0.4) is 0 Å². The third-order valence-electron chi connectivity index (χ3n) is 2.86. The molecule has 112 valence electrons. The van der Waals surface area contributed by atoms with Crippen molar-refractivity contribution < 1.29 is 28.7 Å². The standard InChI is InChI=1S/C16H21N3O2/c1-19(2)6-5-12-9-17-15-4-3-11(8-14(12)15)7-13-10-21-16(20)18-13/h3-4,8-9,13,17H,5-7,10H2,1-2H3,(H,18,20)/t13-/m0/s1/i1D3,2D3,3D,4D,7D2,8D,9D,10D2. The van der Waals surface area contributed by atoms with E-state index >= 15 is 0 Å². The maximum absolute atomic E-state index is 11.6. The molecule has 0 unspecified atom stereocenters. The molecule has 1 amide bonds. The molecule has 5 heteroatoms. The molecule has 5 nitrogen and oxygen atoms in total. The van der Waals surface area contributed by atoms with Crippen molar-refractivity contribution >= 4 is 17.0 Å². The molecular weight excluding hydrogens is 266 g/mol. The summed E-state index contributed by atoms with van der Waals surface area (Å²) in [6, 6.07) is -4.08. The summed E-state index contributed by atoms with van der Waals surface area (Å²) in [6.07, 6.45) is -4.94. The molecule has 2 heterocycles. The second kappa shape index (κ2) is 5.77. The predicted molar refractivity (Wildman–Crippen MR) is 82.5 cm³/mol. The minimum absolute atomic E-state index is 0.0798. The molecule has 1 aliphatic heterocycles. The number of amides is 1. The second-order valence-corrected chi connectivity index (χ2v) is 4.36. The van der Waals surface area contributed by atoms with Crippen molar-refractivity contribution in [2.45, 2.75) is 18.8 Å². The number of ether oxygens (including phenoxy) is 1. The van der Waals surface area contributed by atoms with Gasteiger partial charge in [0.2, 0.25) is 0 Å². The van der Waals surface area contributed by atoms with E-state index in [4.69, 9.17) is 19.2 Å². The van der Waals surface area contributed by atoms with Crippen LogP contribution in [0.5, 0.6) is 0 Å². The third kappa shape index (κ3) is 3.19. The van der Waals surface area contributed by atoms with Gasteiger partial charge in [0.25, 0.3) is 0 Å². The summed E-state index contributed by atoms with van der Waals surface area (Å²) in [5.41, 5.74) is -1.02. The van der Waals surface area contributed by atoms with E-state index in [0.717, 1.165) is 0 Å². The molecule has 21 heavy (non-hydrogen) atoms. The number of hydrogen-bond acceptors (Lipinski definition) is 3. The Balaban J connectivity index is 2.18. The highest BCUT2D eigenvalue weighted by molar-refractivity contribution is 5.84. The van der Waals surface area contributed by atoms with E-state index < -0.39 is 69.3 Å². The van der Waals surface area contributed by atoms with Gasteiger partial charge in [0.1, 0.15) is 6.56 Å². The van der Waals surface area contributed by atoms with E-state index in [9.17, 15) is 4.79 Å². The number of rotatable bonds is 5. The van der Waals surface area contributed by atoms with Gasteiger partial charge in [0.15, 0.2) is 0 Å². The van der Waals surface area contributed by atoms with E-state index in [-0.39, 0.29) is 34.0 Å². The molecular formula is C16H21N3O2. The molecule has 0 bridgehead atoms. The molecule has 0 aliphatic carbocycles. The SMILES string of the molecule is [2H]c1[nH]c2c([2H])c([2H])c(C([2H])([2H])[C@@H]3NC(=O)OC3([2H])[2H])c([2H])c2c1CCN(C([2H])([2H])[2H])C([2H])([2H])[2H]. The largest absolute Gasteiger partial charge is 0.447 e. The number of benzene rings is 1. The van der Waals surface area contributed by atoms with Gasteiger partial charge in [-0.3, -0.25) is 0 Å². The number of alkyl carbamates (subject to hydrolysis) is 1. The summed E-state index contributed by atoms with van der Waals surface area (Å²) in [5.74, 6) is 0. The Hall–Kier alpha value is -2.01. The fourth-order valence-corrected chi connectivity index (χ4v) is 1.91. The van der Waals surface area contributed by atoms with Gasteiger partial charge in [-0.25, -0.2) is 4.79 Å². The number of aromatic amines is 1. The molecule has 1 fully saturated rings. The number of hydrogen-bond donors (Lipinski definition) is 2. The summed E-state index contributed by atoms with van der Waals surface area (Å²) >= 11 is 0. The van der Waals surface area contributed by atoms with Crippen LogP contribution < -0.4 is 5.32 Å². The molecule has 1 aromatic heterocycles. The Morgan fingerprint density at radius 2 is 2.52 bits per heavy atom. The number of carbonyl (C=O) groups is 1. The van der Waals surface area contributed by atoms with Crippen LogP contribution >= 0.6 is 0 Å². The lowest BCUT2D eigenvalue weighted by molar-refractivity contribution is 0.177. The van der Waals surface area contributed by atoms with E-state index in [1.165, 1.54) is 0 Å². The van der Waals surface area contributed by atoms with Gasteiger partial charge in [-0.05, 0) is 50.0 Å². The molecule has 1 aromatic carbocycles. The highest BCUT2D eigenvalue weighted by atomic mass is 16.6. The van der Waals surface area contributed by atoms with Gasteiger partial charge in [-0.15, -0.1) is 0 Å². The fourth-order valence-electron chi connectivity index (χ4n) is 1.91. The fraction of sp³-hybridized carbons (Fsp3) is 0.438. The lowest BCUT2D eigenvalue weighted by Crippen LogP contribution is -2.28. The van der Waals surface area contributed by atoms with Crippen LogP contribution in [-0.4, -0.2) is 49.1 Å². The van der Waals surface area contributed by atoms with E-state index in [1.54, 1.807) is 0 Å². The van der Waals surface area contributed by atoms with E-state index in [0.29, 0.717) is 0 Å². The average molecular weight is 301 g/mol. The Labute approximate surface area is 143 Å². The van der Waals surface area contributed by atoms with E-state index in [2.05, 4.69) is 9.72 Å². The maximum Gasteiger partial charge on any atom is 0.407 e. The Bertz CT molecular complexity index is 1160. The van der Waals surface area contributed by atoms with Crippen LogP contribution in [0.4, 0.5) is 4.79 Å². The maximum atomic E-state index is 11.6. The molecule has 0 spiro atoms. The van der Waals surface area contributed by atoms with Crippen LogP contribution in [0, 0.1) is 0 Å². The van der Waals surface area contributed by atoms with Crippen molar-refractivity contribution in [2.24, 2.45) is 0 Å². The van der Waals surface area contributed by atoms with Crippen LogP contribution in [0.2, 0.25) is 0 Å². The van der Waals surface area contributed by atoms with E-state index in [1.807, 2.05) is 5.32 Å². The Morgan fingerprint density at radius 3 is 3.29 bits per heavy atom. The first-order valence-corrected chi connectivity index (χ1v) is 6.10. The predicted octanol–water partition coefficient (Wildman–Crippen LogP) is 1.92. The van der Waals surface area contributed by atoms with Crippen molar-refractivity contribution in [3.05, 3.63) is 35.4 Å². The molecule has 3 rings (SSSR count). The topological polar surface area (TPSA) is 57.4 Å². The summed E-state index contributed by atoms with van der Waals surface area (Å²) in [7, 11) is 0. The molecule has 1 aliphatic rings.